The molecule has 1 heterocycles. The molecule has 0 fully saturated rings. The summed E-state index contributed by atoms with van der Waals surface area (Å²) in [6, 6.07) is 5.92. The number of rotatable bonds is 2. The summed E-state index contributed by atoms with van der Waals surface area (Å²) in [6.07, 6.45) is -0.550. The monoisotopic (exact) mass is 266 g/mol. The molecule has 90 valence electrons. The number of thiophene rings is 1. The predicted molar refractivity (Wildman–Crippen MR) is 74.0 cm³/mol. The Morgan fingerprint density at radius 2 is 1.82 bits per heavy atom. The van der Waals surface area contributed by atoms with Crippen LogP contribution in [-0.4, -0.2) is 5.11 Å². The van der Waals surface area contributed by atoms with Gasteiger partial charge < -0.3 is 5.11 Å². The van der Waals surface area contributed by atoms with Crippen molar-refractivity contribution < 1.29 is 5.11 Å². The zero-order valence-corrected chi connectivity index (χ0v) is 11.7. The summed E-state index contributed by atoms with van der Waals surface area (Å²) in [4.78, 5) is 1.01. The van der Waals surface area contributed by atoms with Crippen molar-refractivity contribution in [2.75, 3.05) is 0 Å². The molecule has 1 aromatic heterocycles. The molecule has 0 amide bonds. The lowest BCUT2D eigenvalue weighted by atomic mass is 9.98. The highest BCUT2D eigenvalue weighted by Gasteiger charge is 2.17. The Morgan fingerprint density at radius 3 is 2.41 bits per heavy atom. The maximum atomic E-state index is 10.4. The van der Waals surface area contributed by atoms with Crippen LogP contribution in [-0.2, 0) is 0 Å². The van der Waals surface area contributed by atoms with Crippen molar-refractivity contribution in [1.29, 1.82) is 0 Å². The number of hydrogen-bond donors (Lipinski definition) is 1. The zero-order valence-electron chi connectivity index (χ0n) is 10.1. The number of aliphatic hydroxyl groups is 1. The normalized spacial score (nSPS) is 12.8. The van der Waals surface area contributed by atoms with E-state index in [1.54, 1.807) is 11.3 Å². The third-order valence-electron chi connectivity index (χ3n) is 2.99. The van der Waals surface area contributed by atoms with Gasteiger partial charge in [-0.25, -0.2) is 0 Å². The lowest BCUT2D eigenvalue weighted by Gasteiger charge is -2.15. The minimum atomic E-state index is -0.550. The van der Waals surface area contributed by atoms with Gasteiger partial charge in [-0.05, 0) is 60.5 Å². The van der Waals surface area contributed by atoms with Gasteiger partial charge in [0.15, 0.2) is 0 Å². The van der Waals surface area contributed by atoms with E-state index < -0.39 is 6.10 Å². The van der Waals surface area contributed by atoms with Crippen LogP contribution in [0.25, 0.3) is 0 Å². The molecule has 0 spiro atoms. The molecule has 0 bridgehead atoms. The largest absolute Gasteiger partial charge is 0.383 e. The molecule has 1 nitrogen and oxygen atoms in total. The molecule has 2 rings (SSSR count). The van der Waals surface area contributed by atoms with Crippen molar-refractivity contribution in [3.8, 4) is 0 Å². The number of hydrogen-bond acceptors (Lipinski definition) is 2. The average molecular weight is 267 g/mol. The van der Waals surface area contributed by atoms with E-state index in [-0.39, 0.29) is 0 Å². The van der Waals surface area contributed by atoms with E-state index in [1.807, 2.05) is 44.4 Å². The first-order valence-electron chi connectivity index (χ1n) is 5.49. The fraction of sp³-hybridized carbons (Fsp3) is 0.286. The van der Waals surface area contributed by atoms with Crippen LogP contribution in [0.15, 0.2) is 23.6 Å². The fourth-order valence-corrected chi connectivity index (χ4v) is 3.05. The van der Waals surface area contributed by atoms with Crippen LogP contribution in [0, 0.1) is 20.8 Å². The van der Waals surface area contributed by atoms with Gasteiger partial charge in [0.05, 0.1) is 0 Å². The van der Waals surface area contributed by atoms with Crippen LogP contribution < -0.4 is 0 Å². The summed E-state index contributed by atoms with van der Waals surface area (Å²) in [7, 11) is 0. The standard InChI is InChI=1S/C14H15ClOS/c1-8-4-5-17-14(8)13(16)11-6-10(3)12(15)7-9(11)2/h4-7,13,16H,1-3H3. The van der Waals surface area contributed by atoms with Crippen LogP contribution in [0.2, 0.25) is 5.02 Å². The second-order valence-corrected chi connectivity index (χ2v) is 5.68. The maximum absolute atomic E-state index is 10.4. The number of halogens is 1. The minimum absolute atomic E-state index is 0.550. The van der Waals surface area contributed by atoms with Crippen molar-refractivity contribution in [2.24, 2.45) is 0 Å². The van der Waals surface area contributed by atoms with Gasteiger partial charge in [0, 0.05) is 9.90 Å². The Labute approximate surface area is 111 Å². The molecule has 0 saturated carbocycles. The molecule has 2 aromatic rings. The lowest BCUT2D eigenvalue weighted by Crippen LogP contribution is -2.02. The van der Waals surface area contributed by atoms with Crippen molar-refractivity contribution in [3.05, 3.63) is 55.7 Å². The Morgan fingerprint density at radius 1 is 1.12 bits per heavy atom. The molecule has 0 aliphatic rings. The second-order valence-electron chi connectivity index (χ2n) is 4.33. The molecule has 0 aliphatic carbocycles. The molecule has 1 N–H and O–H groups in total. The van der Waals surface area contributed by atoms with Gasteiger partial charge in [0.25, 0.3) is 0 Å². The first kappa shape index (κ1) is 12.6. The Kier molecular flexibility index (Phi) is 3.57. The van der Waals surface area contributed by atoms with Crippen LogP contribution >= 0.6 is 22.9 Å². The Bertz CT molecular complexity index is 545. The van der Waals surface area contributed by atoms with E-state index in [1.165, 1.54) is 0 Å². The van der Waals surface area contributed by atoms with E-state index in [4.69, 9.17) is 11.6 Å². The molecular weight excluding hydrogens is 252 g/mol. The SMILES string of the molecule is Cc1cc(C(O)c2sccc2C)c(C)cc1Cl. The number of benzene rings is 1. The average Bonchev–Trinajstić information content (AvgIpc) is 2.69. The van der Waals surface area contributed by atoms with E-state index in [2.05, 4.69) is 0 Å². The third kappa shape index (κ3) is 2.39. The first-order chi connectivity index (χ1) is 8.00. The molecule has 0 radical (unpaired) electrons. The molecule has 1 unspecified atom stereocenters. The molecule has 1 aromatic carbocycles. The fourth-order valence-electron chi connectivity index (χ4n) is 1.90. The maximum Gasteiger partial charge on any atom is 0.114 e. The molecule has 0 aliphatic heterocycles. The Balaban J connectivity index is 2.48. The summed E-state index contributed by atoms with van der Waals surface area (Å²) in [5, 5.41) is 13.2. The molecule has 3 heteroatoms. The van der Waals surface area contributed by atoms with E-state index in [9.17, 15) is 5.11 Å². The summed E-state index contributed by atoms with van der Waals surface area (Å²) >= 11 is 7.66. The van der Waals surface area contributed by atoms with E-state index in [0.29, 0.717) is 0 Å². The summed E-state index contributed by atoms with van der Waals surface area (Å²) < 4.78 is 0. The highest BCUT2D eigenvalue weighted by molar-refractivity contribution is 7.10. The highest BCUT2D eigenvalue weighted by atomic mass is 35.5. The summed E-state index contributed by atoms with van der Waals surface area (Å²) in [6.45, 7) is 5.96. The highest BCUT2D eigenvalue weighted by Crippen LogP contribution is 2.33. The van der Waals surface area contributed by atoms with E-state index in [0.717, 1.165) is 32.2 Å². The van der Waals surface area contributed by atoms with Gasteiger partial charge >= 0.3 is 0 Å². The van der Waals surface area contributed by atoms with Crippen LogP contribution in [0.3, 0.4) is 0 Å². The van der Waals surface area contributed by atoms with Gasteiger partial charge in [-0.1, -0.05) is 17.7 Å². The smallest absolute Gasteiger partial charge is 0.114 e. The molecular formula is C14H15ClOS. The first-order valence-corrected chi connectivity index (χ1v) is 6.75. The van der Waals surface area contributed by atoms with Crippen molar-refractivity contribution >= 4 is 22.9 Å². The van der Waals surface area contributed by atoms with Crippen molar-refractivity contribution in [2.45, 2.75) is 26.9 Å². The number of aryl methyl sites for hydroxylation is 3. The van der Waals surface area contributed by atoms with Crippen molar-refractivity contribution in [3.63, 3.8) is 0 Å². The Hall–Kier alpha value is -0.830. The molecule has 1 atom stereocenters. The van der Waals surface area contributed by atoms with Gasteiger partial charge in [-0.3, -0.25) is 0 Å². The zero-order chi connectivity index (χ0) is 12.6. The van der Waals surface area contributed by atoms with Crippen LogP contribution in [0.4, 0.5) is 0 Å². The third-order valence-corrected chi connectivity index (χ3v) is 4.47. The minimum Gasteiger partial charge on any atom is -0.383 e. The van der Waals surface area contributed by atoms with Crippen LogP contribution in [0.5, 0.6) is 0 Å². The molecule has 17 heavy (non-hydrogen) atoms. The van der Waals surface area contributed by atoms with Gasteiger partial charge in [0.2, 0.25) is 0 Å². The lowest BCUT2D eigenvalue weighted by molar-refractivity contribution is 0.222. The second kappa shape index (κ2) is 4.81. The molecule has 0 saturated heterocycles. The summed E-state index contributed by atoms with van der Waals surface area (Å²) in [5.74, 6) is 0. The number of aliphatic hydroxyl groups excluding tert-OH is 1. The van der Waals surface area contributed by atoms with Gasteiger partial charge in [-0.2, -0.15) is 0 Å². The predicted octanol–water partition coefficient (Wildman–Crippen LogP) is 4.41. The topological polar surface area (TPSA) is 20.2 Å². The van der Waals surface area contributed by atoms with Gasteiger partial charge in [0.1, 0.15) is 6.10 Å². The van der Waals surface area contributed by atoms with E-state index >= 15 is 0 Å². The van der Waals surface area contributed by atoms with Crippen LogP contribution in [0.1, 0.15) is 33.2 Å². The quantitative estimate of drug-likeness (QED) is 0.854. The van der Waals surface area contributed by atoms with Crippen molar-refractivity contribution in [1.82, 2.24) is 0 Å². The summed E-state index contributed by atoms with van der Waals surface area (Å²) in [5.41, 5.74) is 4.10. The van der Waals surface area contributed by atoms with Gasteiger partial charge in [-0.15, -0.1) is 11.3 Å².